The quantitative estimate of drug-likeness (QED) is 0.884. The van der Waals surface area contributed by atoms with Gasteiger partial charge in [-0.25, -0.2) is 0 Å². The lowest BCUT2D eigenvalue weighted by Crippen LogP contribution is -2.25. The minimum Gasteiger partial charge on any atom is -0.325 e. The summed E-state index contributed by atoms with van der Waals surface area (Å²) in [5.74, 6) is 0.500. The van der Waals surface area contributed by atoms with E-state index in [-0.39, 0.29) is 11.2 Å². The van der Waals surface area contributed by atoms with Crippen molar-refractivity contribution in [2.24, 2.45) is 0 Å². The summed E-state index contributed by atoms with van der Waals surface area (Å²) in [6, 6.07) is 14.5. The molecule has 2 nitrogen and oxygen atoms in total. The number of hydrogen-bond donors (Lipinski definition) is 1. The predicted molar refractivity (Wildman–Crippen MR) is 93.7 cm³/mol. The molecule has 0 radical (unpaired) electrons. The lowest BCUT2D eigenvalue weighted by Gasteiger charge is -2.15. The van der Waals surface area contributed by atoms with E-state index in [4.69, 9.17) is 0 Å². The molecule has 3 rings (SSSR count). The number of anilines is 1. The Morgan fingerprint density at radius 2 is 2.00 bits per heavy atom. The molecule has 0 saturated heterocycles. The van der Waals surface area contributed by atoms with Gasteiger partial charge in [0.25, 0.3) is 0 Å². The maximum atomic E-state index is 12.6. The molecule has 1 aliphatic heterocycles. The summed E-state index contributed by atoms with van der Waals surface area (Å²) in [5, 5.41) is 3.09. The van der Waals surface area contributed by atoms with Crippen LogP contribution in [0.2, 0.25) is 0 Å². The smallest absolute Gasteiger partial charge is 0.238 e. The largest absolute Gasteiger partial charge is 0.325 e. The number of carbonyl (C=O) groups is 1. The monoisotopic (exact) mass is 311 g/mol. The minimum atomic E-state index is -0.0305. The Kier molecular flexibility index (Phi) is 4.25. The van der Waals surface area contributed by atoms with Gasteiger partial charge in [-0.05, 0) is 42.5 Å². The molecule has 0 aliphatic carbocycles. The molecule has 0 spiro atoms. The first kappa shape index (κ1) is 15.2. The molecule has 0 bridgehead atoms. The van der Waals surface area contributed by atoms with Gasteiger partial charge in [-0.2, -0.15) is 0 Å². The Morgan fingerprint density at radius 1 is 1.23 bits per heavy atom. The van der Waals surface area contributed by atoms with Crippen molar-refractivity contribution in [3.05, 3.63) is 59.2 Å². The highest BCUT2D eigenvalue weighted by atomic mass is 32.2. The Morgan fingerprint density at radius 3 is 2.77 bits per heavy atom. The summed E-state index contributed by atoms with van der Waals surface area (Å²) in [7, 11) is 0. The van der Waals surface area contributed by atoms with Gasteiger partial charge in [0.05, 0.1) is 5.25 Å². The van der Waals surface area contributed by atoms with Gasteiger partial charge >= 0.3 is 0 Å². The fourth-order valence-corrected chi connectivity index (χ4v) is 4.10. The molecular formula is C19H21NOS. The van der Waals surface area contributed by atoms with E-state index in [0.717, 1.165) is 12.1 Å². The lowest BCUT2D eigenvalue weighted by atomic mass is 10.0. The van der Waals surface area contributed by atoms with Gasteiger partial charge in [0.1, 0.15) is 0 Å². The Bertz CT molecular complexity index is 708. The predicted octanol–water partition coefficient (Wildman–Crippen LogP) is 4.77. The van der Waals surface area contributed by atoms with E-state index >= 15 is 0 Å². The molecule has 0 aromatic heterocycles. The Labute approximate surface area is 136 Å². The second kappa shape index (κ2) is 6.17. The van der Waals surface area contributed by atoms with E-state index in [2.05, 4.69) is 50.4 Å². The lowest BCUT2D eigenvalue weighted by molar-refractivity contribution is -0.115. The molecular weight excluding hydrogens is 290 g/mol. The van der Waals surface area contributed by atoms with Crippen molar-refractivity contribution in [1.82, 2.24) is 0 Å². The molecule has 22 heavy (non-hydrogen) atoms. The number of benzene rings is 2. The van der Waals surface area contributed by atoms with Crippen LogP contribution < -0.4 is 5.32 Å². The van der Waals surface area contributed by atoms with Crippen LogP contribution in [0.15, 0.2) is 47.4 Å². The first-order valence-corrected chi connectivity index (χ1v) is 8.58. The normalized spacial score (nSPS) is 16.6. The number of rotatable bonds is 3. The highest BCUT2D eigenvalue weighted by Crippen LogP contribution is 2.38. The van der Waals surface area contributed by atoms with Gasteiger partial charge in [-0.1, -0.05) is 49.7 Å². The van der Waals surface area contributed by atoms with Crippen molar-refractivity contribution in [1.29, 1.82) is 0 Å². The van der Waals surface area contributed by atoms with Gasteiger partial charge in [-0.15, -0.1) is 11.8 Å². The SMILES string of the molecule is Cc1ccc2c(c1)S[C@H](C(=O)Nc1ccccc1C(C)C)C2. The van der Waals surface area contributed by atoms with E-state index in [9.17, 15) is 4.79 Å². The summed E-state index contributed by atoms with van der Waals surface area (Å²) >= 11 is 1.68. The zero-order valence-corrected chi connectivity index (χ0v) is 14.0. The molecule has 1 N–H and O–H groups in total. The molecule has 3 heteroatoms. The Hall–Kier alpha value is -1.74. The average molecular weight is 311 g/mol. The third-order valence-corrected chi connectivity index (χ3v) is 5.33. The van der Waals surface area contributed by atoms with Crippen LogP contribution in [0, 0.1) is 6.92 Å². The Balaban J connectivity index is 1.75. The molecule has 2 aromatic carbocycles. The summed E-state index contributed by atoms with van der Waals surface area (Å²) in [4.78, 5) is 13.9. The van der Waals surface area contributed by atoms with E-state index in [1.807, 2.05) is 18.2 Å². The van der Waals surface area contributed by atoms with Crippen LogP contribution in [0.25, 0.3) is 0 Å². The number of nitrogens with one attached hydrogen (secondary N) is 1. The molecule has 1 heterocycles. The van der Waals surface area contributed by atoms with Gasteiger partial charge in [-0.3, -0.25) is 4.79 Å². The summed E-state index contributed by atoms with van der Waals surface area (Å²) in [6.45, 7) is 6.38. The van der Waals surface area contributed by atoms with Gasteiger partial charge in [0, 0.05) is 10.6 Å². The molecule has 2 aromatic rings. The van der Waals surface area contributed by atoms with Gasteiger partial charge < -0.3 is 5.32 Å². The number of fused-ring (bicyclic) bond motifs is 1. The second-order valence-electron chi connectivity index (χ2n) is 6.15. The fraction of sp³-hybridized carbons (Fsp3) is 0.316. The topological polar surface area (TPSA) is 29.1 Å². The molecule has 1 amide bonds. The van der Waals surface area contributed by atoms with E-state index < -0.39 is 0 Å². The summed E-state index contributed by atoms with van der Waals surface area (Å²) < 4.78 is 0. The van der Waals surface area contributed by atoms with E-state index in [1.54, 1.807) is 11.8 Å². The molecule has 1 atom stereocenters. The van der Waals surface area contributed by atoms with Crippen LogP contribution >= 0.6 is 11.8 Å². The van der Waals surface area contributed by atoms with Crippen molar-refractivity contribution >= 4 is 23.4 Å². The minimum absolute atomic E-state index is 0.0305. The number of para-hydroxylation sites is 1. The summed E-state index contributed by atoms with van der Waals surface area (Å²) in [5.41, 5.74) is 4.66. The second-order valence-corrected chi connectivity index (χ2v) is 7.40. The van der Waals surface area contributed by atoms with Crippen LogP contribution in [-0.4, -0.2) is 11.2 Å². The van der Waals surface area contributed by atoms with E-state index in [1.165, 1.54) is 21.6 Å². The molecule has 1 aliphatic rings. The molecule has 0 fully saturated rings. The zero-order chi connectivity index (χ0) is 15.7. The molecule has 0 unspecified atom stereocenters. The van der Waals surface area contributed by atoms with Crippen LogP contribution in [0.1, 0.15) is 36.5 Å². The molecule has 0 saturated carbocycles. The van der Waals surface area contributed by atoms with Crippen LogP contribution in [0.5, 0.6) is 0 Å². The third-order valence-electron chi connectivity index (χ3n) is 4.03. The van der Waals surface area contributed by atoms with E-state index in [0.29, 0.717) is 5.92 Å². The number of amides is 1. The third kappa shape index (κ3) is 3.05. The van der Waals surface area contributed by atoms with Gasteiger partial charge in [0.2, 0.25) is 5.91 Å². The maximum absolute atomic E-state index is 12.6. The van der Waals surface area contributed by atoms with Crippen molar-refractivity contribution in [2.45, 2.75) is 43.3 Å². The highest BCUT2D eigenvalue weighted by molar-refractivity contribution is 8.01. The number of hydrogen-bond acceptors (Lipinski definition) is 2. The first-order valence-electron chi connectivity index (χ1n) is 7.70. The van der Waals surface area contributed by atoms with Crippen LogP contribution in [0.4, 0.5) is 5.69 Å². The fourth-order valence-electron chi connectivity index (χ4n) is 2.81. The highest BCUT2D eigenvalue weighted by Gasteiger charge is 2.28. The van der Waals surface area contributed by atoms with Crippen molar-refractivity contribution in [2.75, 3.05) is 5.32 Å². The van der Waals surface area contributed by atoms with Crippen LogP contribution in [-0.2, 0) is 11.2 Å². The van der Waals surface area contributed by atoms with Crippen molar-refractivity contribution in [3.8, 4) is 0 Å². The van der Waals surface area contributed by atoms with Crippen LogP contribution in [0.3, 0.4) is 0 Å². The summed E-state index contributed by atoms with van der Waals surface area (Å²) in [6.07, 6.45) is 0.815. The van der Waals surface area contributed by atoms with Crippen molar-refractivity contribution in [3.63, 3.8) is 0 Å². The number of thioether (sulfide) groups is 1. The zero-order valence-electron chi connectivity index (χ0n) is 13.2. The maximum Gasteiger partial charge on any atom is 0.238 e. The molecule has 114 valence electrons. The number of aryl methyl sites for hydroxylation is 1. The standard InChI is InChI=1S/C19H21NOS/c1-12(2)15-6-4-5-7-16(15)20-19(21)18-11-14-9-8-13(3)10-17(14)22-18/h4-10,12,18H,11H2,1-3H3,(H,20,21)/t18-/m0/s1. The first-order chi connectivity index (χ1) is 10.5. The number of carbonyl (C=O) groups excluding carboxylic acids is 1. The van der Waals surface area contributed by atoms with Gasteiger partial charge in [0.15, 0.2) is 0 Å². The average Bonchev–Trinajstić information content (AvgIpc) is 2.90. The van der Waals surface area contributed by atoms with Crippen molar-refractivity contribution < 1.29 is 4.79 Å².